The molecule has 33 heavy (non-hydrogen) atoms. The fourth-order valence-corrected chi connectivity index (χ4v) is 4.85. The lowest BCUT2D eigenvalue weighted by Gasteiger charge is -2.10. The first kappa shape index (κ1) is 20.9. The molecule has 0 bridgehead atoms. The van der Waals surface area contributed by atoms with Crippen molar-refractivity contribution in [2.75, 3.05) is 11.9 Å². The highest BCUT2D eigenvalue weighted by atomic mass is 32.2. The van der Waals surface area contributed by atoms with E-state index >= 15 is 0 Å². The van der Waals surface area contributed by atoms with Gasteiger partial charge >= 0.3 is 0 Å². The van der Waals surface area contributed by atoms with Crippen LogP contribution >= 0.6 is 0 Å². The zero-order chi connectivity index (χ0) is 22.8. The number of para-hydroxylation sites is 2. The van der Waals surface area contributed by atoms with Crippen LogP contribution in [0.2, 0.25) is 0 Å². The Morgan fingerprint density at radius 1 is 0.970 bits per heavy atom. The zero-order valence-electron chi connectivity index (χ0n) is 17.6. The number of carbonyl (C=O) groups is 1. The van der Waals surface area contributed by atoms with E-state index in [2.05, 4.69) is 20.0 Å². The summed E-state index contributed by atoms with van der Waals surface area (Å²) in [5.74, 6) is 0.134. The van der Waals surface area contributed by atoms with E-state index in [0.717, 1.165) is 23.1 Å². The highest BCUT2D eigenvalue weighted by Gasteiger charge is 2.19. The first-order chi connectivity index (χ1) is 16.0. The molecule has 8 nitrogen and oxygen atoms in total. The van der Waals surface area contributed by atoms with Crippen LogP contribution in [0, 0.1) is 0 Å². The van der Waals surface area contributed by atoms with E-state index in [1.165, 1.54) is 12.1 Å². The third-order valence-corrected chi connectivity index (χ3v) is 6.77. The lowest BCUT2D eigenvalue weighted by Crippen LogP contribution is -2.29. The van der Waals surface area contributed by atoms with Crippen molar-refractivity contribution in [1.82, 2.24) is 14.3 Å². The van der Waals surface area contributed by atoms with Crippen LogP contribution in [0.25, 0.3) is 16.7 Å². The third-order valence-electron chi connectivity index (χ3n) is 5.39. The van der Waals surface area contributed by atoms with Gasteiger partial charge in [-0.1, -0.05) is 18.2 Å². The Morgan fingerprint density at radius 2 is 1.79 bits per heavy atom. The second-order valence-electron chi connectivity index (χ2n) is 7.67. The van der Waals surface area contributed by atoms with Gasteiger partial charge in [0.1, 0.15) is 12.2 Å². The molecule has 5 rings (SSSR count). The number of benzene rings is 3. The standard InChI is InChI=1S/C24H21N5O3S/c30-24(17-10-12-19(13-11-17)29-16-26-21-7-1-2-8-22(21)29)27-18-5-3-6-20(15-18)33(31,32)28-23-9-4-14-25-23/h1-3,5-8,10-13,15-16H,4,9,14H2,(H,25,28)(H,27,30). The summed E-state index contributed by atoms with van der Waals surface area (Å²) in [4.78, 5) is 21.4. The molecule has 0 radical (unpaired) electrons. The van der Waals surface area contributed by atoms with Crippen LogP contribution in [0.4, 0.5) is 5.69 Å². The second kappa shape index (κ2) is 8.51. The van der Waals surface area contributed by atoms with Gasteiger partial charge in [-0.15, -0.1) is 0 Å². The molecule has 2 N–H and O–H groups in total. The van der Waals surface area contributed by atoms with Crippen molar-refractivity contribution < 1.29 is 13.2 Å². The van der Waals surface area contributed by atoms with Crippen LogP contribution in [0.5, 0.6) is 0 Å². The molecule has 0 spiro atoms. The molecule has 2 heterocycles. The minimum absolute atomic E-state index is 0.0669. The van der Waals surface area contributed by atoms with E-state index in [1.807, 2.05) is 41.0 Å². The SMILES string of the molecule is O=C(Nc1cccc(S(=O)(=O)NC2=NCCC2)c1)c1ccc(-n2cnc3ccccc32)cc1. The Bertz CT molecular complexity index is 1470. The predicted octanol–water partition coefficient (Wildman–Crippen LogP) is 3.75. The number of amides is 1. The third kappa shape index (κ3) is 4.35. The highest BCUT2D eigenvalue weighted by Crippen LogP contribution is 2.20. The number of nitrogens with one attached hydrogen (secondary N) is 2. The average molecular weight is 460 g/mol. The molecule has 4 aromatic rings. The molecule has 0 saturated heterocycles. The number of imidazole rings is 1. The number of amidine groups is 1. The maximum absolute atomic E-state index is 12.7. The quantitative estimate of drug-likeness (QED) is 0.474. The van der Waals surface area contributed by atoms with Crippen LogP contribution in [0.15, 0.2) is 89.0 Å². The van der Waals surface area contributed by atoms with Crippen LogP contribution in [-0.4, -0.2) is 36.3 Å². The van der Waals surface area contributed by atoms with Crippen molar-refractivity contribution in [3.05, 3.63) is 84.7 Å². The summed E-state index contributed by atoms with van der Waals surface area (Å²) >= 11 is 0. The number of aromatic nitrogens is 2. The van der Waals surface area contributed by atoms with Gasteiger partial charge in [0.05, 0.1) is 15.9 Å². The Morgan fingerprint density at radius 3 is 2.58 bits per heavy atom. The fraction of sp³-hybridized carbons (Fsp3) is 0.125. The summed E-state index contributed by atoms with van der Waals surface area (Å²) in [6.45, 7) is 0.629. The van der Waals surface area contributed by atoms with Gasteiger partial charge in [0, 0.05) is 29.9 Å². The van der Waals surface area contributed by atoms with Crippen molar-refractivity contribution in [2.24, 2.45) is 4.99 Å². The van der Waals surface area contributed by atoms with Gasteiger partial charge in [-0.3, -0.25) is 19.1 Å². The number of hydrogen-bond donors (Lipinski definition) is 2. The Hall–Kier alpha value is -3.98. The van der Waals surface area contributed by atoms with Crippen LogP contribution < -0.4 is 10.0 Å². The molecule has 0 unspecified atom stereocenters. The summed E-state index contributed by atoms with van der Waals surface area (Å²) in [6, 6.07) is 21.1. The number of fused-ring (bicyclic) bond motifs is 1. The number of sulfonamides is 1. The van der Waals surface area contributed by atoms with E-state index in [9.17, 15) is 13.2 Å². The zero-order valence-corrected chi connectivity index (χ0v) is 18.4. The molecule has 3 aromatic carbocycles. The van der Waals surface area contributed by atoms with Gasteiger partial charge in [-0.2, -0.15) is 0 Å². The Kier molecular flexibility index (Phi) is 5.39. The molecule has 0 aliphatic carbocycles. The summed E-state index contributed by atoms with van der Waals surface area (Å²) < 4.78 is 29.7. The monoisotopic (exact) mass is 459 g/mol. The maximum atomic E-state index is 12.7. The van der Waals surface area contributed by atoms with E-state index in [-0.39, 0.29) is 10.8 Å². The lowest BCUT2D eigenvalue weighted by molar-refractivity contribution is 0.102. The summed E-state index contributed by atoms with van der Waals surface area (Å²) in [5.41, 5.74) is 3.60. The first-order valence-electron chi connectivity index (χ1n) is 10.5. The topological polar surface area (TPSA) is 105 Å². The van der Waals surface area contributed by atoms with Crippen LogP contribution in [0.1, 0.15) is 23.2 Å². The predicted molar refractivity (Wildman–Crippen MR) is 127 cm³/mol. The normalized spacial score (nSPS) is 13.6. The van der Waals surface area contributed by atoms with Gasteiger partial charge in [-0.25, -0.2) is 13.4 Å². The molecule has 9 heteroatoms. The van der Waals surface area contributed by atoms with E-state index in [0.29, 0.717) is 30.1 Å². The number of rotatable bonds is 5. The largest absolute Gasteiger partial charge is 0.322 e. The Balaban J connectivity index is 1.32. The van der Waals surface area contributed by atoms with Crippen molar-refractivity contribution in [1.29, 1.82) is 0 Å². The first-order valence-corrected chi connectivity index (χ1v) is 12.0. The molecule has 0 fully saturated rings. The summed E-state index contributed by atoms with van der Waals surface area (Å²) in [7, 11) is -3.76. The van der Waals surface area contributed by atoms with Crippen molar-refractivity contribution in [2.45, 2.75) is 17.7 Å². The van der Waals surface area contributed by atoms with Crippen molar-refractivity contribution in [3.8, 4) is 5.69 Å². The molecule has 1 aliphatic rings. The molecular weight excluding hydrogens is 438 g/mol. The minimum atomic E-state index is -3.76. The van der Waals surface area contributed by atoms with E-state index < -0.39 is 10.0 Å². The molecule has 1 amide bonds. The van der Waals surface area contributed by atoms with Gasteiger partial charge in [0.25, 0.3) is 15.9 Å². The van der Waals surface area contributed by atoms with Gasteiger partial charge in [0.2, 0.25) is 0 Å². The van der Waals surface area contributed by atoms with Crippen molar-refractivity contribution >= 4 is 38.5 Å². The van der Waals surface area contributed by atoms with E-state index in [1.54, 1.807) is 30.6 Å². The van der Waals surface area contributed by atoms with Gasteiger partial charge < -0.3 is 5.32 Å². The second-order valence-corrected chi connectivity index (χ2v) is 9.35. The van der Waals surface area contributed by atoms with Crippen LogP contribution in [0.3, 0.4) is 0 Å². The summed E-state index contributed by atoms with van der Waals surface area (Å²) in [6.07, 6.45) is 3.20. The van der Waals surface area contributed by atoms with Crippen LogP contribution in [-0.2, 0) is 10.0 Å². The number of anilines is 1. The molecule has 0 saturated carbocycles. The Labute approximate surface area is 191 Å². The average Bonchev–Trinajstić information content (AvgIpc) is 3.49. The number of aliphatic imine (C=N–C) groups is 1. The number of hydrogen-bond acceptors (Lipinski definition) is 5. The van der Waals surface area contributed by atoms with Gasteiger partial charge in [0.15, 0.2) is 0 Å². The molecule has 1 aromatic heterocycles. The number of nitrogens with zero attached hydrogens (tertiary/aromatic N) is 3. The minimum Gasteiger partial charge on any atom is -0.322 e. The van der Waals surface area contributed by atoms with Crippen molar-refractivity contribution in [3.63, 3.8) is 0 Å². The number of carbonyl (C=O) groups excluding carboxylic acids is 1. The van der Waals surface area contributed by atoms with Gasteiger partial charge in [-0.05, 0) is 61.0 Å². The smallest absolute Gasteiger partial charge is 0.262 e. The van der Waals surface area contributed by atoms with E-state index in [4.69, 9.17) is 0 Å². The fourth-order valence-electron chi connectivity index (χ4n) is 3.72. The molecular formula is C24H21N5O3S. The maximum Gasteiger partial charge on any atom is 0.262 e. The molecule has 166 valence electrons. The molecule has 0 atom stereocenters. The molecule has 1 aliphatic heterocycles. The lowest BCUT2D eigenvalue weighted by atomic mass is 10.2. The highest BCUT2D eigenvalue weighted by molar-refractivity contribution is 7.90. The summed E-state index contributed by atoms with van der Waals surface area (Å²) in [5, 5.41) is 2.77.